The molecular formula is C15H22N4O3S. The molecule has 0 aliphatic carbocycles. The first-order valence-electron chi connectivity index (χ1n) is 7.38. The monoisotopic (exact) mass is 338 g/mol. The van der Waals surface area contributed by atoms with Gasteiger partial charge in [0.25, 0.3) is 10.2 Å². The van der Waals surface area contributed by atoms with Crippen LogP contribution < -0.4 is 0 Å². The molecule has 0 atom stereocenters. The highest BCUT2D eigenvalue weighted by atomic mass is 32.2. The lowest BCUT2D eigenvalue weighted by molar-refractivity contribution is -0.116. The van der Waals surface area contributed by atoms with Gasteiger partial charge < -0.3 is 0 Å². The van der Waals surface area contributed by atoms with Gasteiger partial charge in [0, 0.05) is 39.8 Å². The van der Waals surface area contributed by atoms with Crippen molar-refractivity contribution in [3.05, 3.63) is 29.4 Å². The van der Waals surface area contributed by atoms with Gasteiger partial charge in [-0.05, 0) is 25.8 Å². The maximum Gasteiger partial charge on any atom is 0.281 e. The molecule has 23 heavy (non-hydrogen) atoms. The highest BCUT2D eigenvalue weighted by Gasteiger charge is 2.29. The zero-order valence-corrected chi connectivity index (χ0v) is 14.7. The molecule has 0 saturated heterocycles. The molecule has 1 aliphatic rings. The lowest BCUT2D eigenvalue weighted by atomic mass is 10.0. The first-order valence-corrected chi connectivity index (χ1v) is 8.78. The van der Waals surface area contributed by atoms with E-state index in [1.165, 1.54) is 29.6 Å². The van der Waals surface area contributed by atoms with Crippen LogP contribution in [0.25, 0.3) is 5.57 Å². The Morgan fingerprint density at radius 3 is 2.52 bits per heavy atom. The molecule has 0 bridgehead atoms. The maximum absolute atomic E-state index is 12.3. The molecule has 0 fully saturated rings. The lowest BCUT2D eigenvalue weighted by Gasteiger charge is -2.30. The van der Waals surface area contributed by atoms with Gasteiger partial charge in [-0.25, -0.2) is 0 Å². The van der Waals surface area contributed by atoms with Crippen molar-refractivity contribution in [3.8, 4) is 0 Å². The summed E-state index contributed by atoms with van der Waals surface area (Å²) in [6.07, 6.45) is 4.12. The van der Waals surface area contributed by atoms with E-state index in [4.69, 9.17) is 0 Å². The van der Waals surface area contributed by atoms with E-state index in [9.17, 15) is 13.2 Å². The van der Waals surface area contributed by atoms with Crippen LogP contribution in [0.4, 0.5) is 0 Å². The molecule has 7 nitrogen and oxygen atoms in total. The molecule has 0 amide bonds. The number of carbonyl (C=O) groups excluding carboxylic acids is 1. The Bertz CT molecular complexity index is 724. The summed E-state index contributed by atoms with van der Waals surface area (Å²) in [6.45, 7) is 4.24. The lowest BCUT2D eigenvalue weighted by Crippen LogP contribution is -2.43. The van der Waals surface area contributed by atoms with Crippen molar-refractivity contribution in [1.29, 1.82) is 0 Å². The van der Waals surface area contributed by atoms with Crippen molar-refractivity contribution in [1.82, 2.24) is 18.6 Å². The molecule has 8 heteroatoms. The number of rotatable bonds is 5. The molecule has 0 saturated carbocycles. The van der Waals surface area contributed by atoms with Gasteiger partial charge in [-0.1, -0.05) is 5.57 Å². The third-order valence-electron chi connectivity index (χ3n) is 3.82. The molecule has 1 aliphatic heterocycles. The summed E-state index contributed by atoms with van der Waals surface area (Å²) in [5.41, 5.74) is 3.27. The largest absolute Gasteiger partial charge is 0.300 e. The highest BCUT2D eigenvalue weighted by Crippen LogP contribution is 2.26. The Labute approximate surface area is 137 Å². The molecular weight excluding hydrogens is 316 g/mol. The van der Waals surface area contributed by atoms with Crippen LogP contribution in [0.5, 0.6) is 0 Å². The molecule has 0 radical (unpaired) electrons. The summed E-state index contributed by atoms with van der Waals surface area (Å²) in [7, 11) is -0.400. The standard InChI is InChI=1S/C15H22N4O3S/c1-11-5-6-19(23(21,22)18(3)4)10-14(11)15-9-16-13(8-17-15)7-12(2)20/h8-9H,5-7,10H2,1-4H3. The van der Waals surface area contributed by atoms with Crippen LogP contribution in [0.3, 0.4) is 0 Å². The van der Waals surface area contributed by atoms with E-state index in [-0.39, 0.29) is 18.7 Å². The van der Waals surface area contributed by atoms with E-state index in [2.05, 4.69) is 9.97 Å². The highest BCUT2D eigenvalue weighted by molar-refractivity contribution is 7.86. The number of nitrogens with zero attached hydrogens (tertiary/aromatic N) is 4. The second kappa shape index (κ2) is 6.86. The van der Waals surface area contributed by atoms with Crippen LogP contribution in [-0.4, -0.2) is 60.0 Å². The smallest absolute Gasteiger partial charge is 0.281 e. The third kappa shape index (κ3) is 4.01. The van der Waals surface area contributed by atoms with Gasteiger partial charge in [0.05, 0.1) is 17.6 Å². The van der Waals surface area contributed by atoms with E-state index in [0.717, 1.165) is 11.1 Å². The van der Waals surface area contributed by atoms with Crippen molar-refractivity contribution in [2.45, 2.75) is 26.7 Å². The van der Waals surface area contributed by atoms with E-state index in [1.807, 2.05) is 6.92 Å². The Morgan fingerprint density at radius 1 is 1.30 bits per heavy atom. The number of hydrogen-bond acceptors (Lipinski definition) is 5. The zero-order valence-electron chi connectivity index (χ0n) is 13.9. The average Bonchev–Trinajstić information content (AvgIpc) is 2.47. The number of aromatic nitrogens is 2. The minimum absolute atomic E-state index is 0.0309. The first kappa shape index (κ1) is 17.7. The molecule has 1 aromatic rings. The Kier molecular flexibility index (Phi) is 5.28. The molecule has 0 N–H and O–H groups in total. The molecule has 2 heterocycles. The molecule has 0 aromatic carbocycles. The SMILES string of the molecule is CC(=O)Cc1cnc(C2=C(C)CCN(S(=O)(=O)N(C)C)C2)cn1. The summed E-state index contributed by atoms with van der Waals surface area (Å²) in [6, 6.07) is 0. The Balaban J connectivity index is 2.26. The van der Waals surface area contributed by atoms with Crippen molar-refractivity contribution in [2.75, 3.05) is 27.2 Å². The van der Waals surface area contributed by atoms with Crippen LogP contribution in [0.2, 0.25) is 0 Å². The minimum atomic E-state index is -3.45. The van der Waals surface area contributed by atoms with Gasteiger partial charge in [-0.2, -0.15) is 17.0 Å². The fourth-order valence-corrected chi connectivity index (χ4v) is 3.49. The fourth-order valence-electron chi connectivity index (χ4n) is 2.42. The van der Waals surface area contributed by atoms with Crippen LogP contribution in [0.1, 0.15) is 31.7 Å². The second-order valence-electron chi connectivity index (χ2n) is 5.90. The van der Waals surface area contributed by atoms with Gasteiger partial charge in [-0.15, -0.1) is 0 Å². The topological polar surface area (TPSA) is 83.5 Å². The summed E-state index contributed by atoms with van der Waals surface area (Å²) >= 11 is 0. The average molecular weight is 338 g/mol. The van der Waals surface area contributed by atoms with Crippen molar-refractivity contribution >= 4 is 21.6 Å². The van der Waals surface area contributed by atoms with Gasteiger partial charge in [-0.3, -0.25) is 14.8 Å². The van der Waals surface area contributed by atoms with Crippen molar-refractivity contribution in [3.63, 3.8) is 0 Å². The Hall–Kier alpha value is -1.64. The molecule has 126 valence electrons. The quantitative estimate of drug-likeness (QED) is 0.796. The van der Waals surface area contributed by atoms with Crippen LogP contribution in [-0.2, 0) is 21.4 Å². The molecule has 0 spiro atoms. The van der Waals surface area contributed by atoms with Crippen LogP contribution in [0.15, 0.2) is 18.0 Å². The van der Waals surface area contributed by atoms with Crippen LogP contribution >= 0.6 is 0 Å². The summed E-state index contributed by atoms with van der Waals surface area (Å²) < 4.78 is 27.3. The van der Waals surface area contributed by atoms with Crippen LogP contribution in [0, 0.1) is 0 Å². The molecule has 0 unspecified atom stereocenters. The number of ketones is 1. The van der Waals surface area contributed by atoms with Crippen molar-refractivity contribution in [2.24, 2.45) is 0 Å². The van der Waals surface area contributed by atoms with E-state index in [0.29, 0.717) is 24.4 Å². The van der Waals surface area contributed by atoms with Gasteiger partial charge in [0.2, 0.25) is 0 Å². The predicted octanol–water partition coefficient (Wildman–Crippen LogP) is 0.894. The minimum Gasteiger partial charge on any atom is -0.300 e. The Morgan fingerprint density at radius 2 is 2.00 bits per heavy atom. The number of carbonyl (C=O) groups is 1. The normalized spacial score (nSPS) is 16.9. The zero-order chi connectivity index (χ0) is 17.2. The number of hydrogen-bond donors (Lipinski definition) is 0. The van der Waals surface area contributed by atoms with Gasteiger partial charge in [0.15, 0.2) is 0 Å². The summed E-state index contributed by atoms with van der Waals surface area (Å²) in [5.74, 6) is 0.0309. The second-order valence-corrected chi connectivity index (χ2v) is 8.05. The first-order chi connectivity index (χ1) is 10.7. The maximum atomic E-state index is 12.3. The van der Waals surface area contributed by atoms with E-state index in [1.54, 1.807) is 12.4 Å². The molecule has 2 rings (SSSR count). The summed E-state index contributed by atoms with van der Waals surface area (Å²) in [4.78, 5) is 19.7. The predicted molar refractivity (Wildman–Crippen MR) is 87.8 cm³/mol. The molecule has 1 aromatic heterocycles. The number of Topliss-reactive ketones (excluding diaryl/α,β-unsaturated/α-hetero) is 1. The van der Waals surface area contributed by atoms with E-state index < -0.39 is 10.2 Å². The van der Waals surface area contributed by atoms with Gasteiger partial charge in [0.1, 0.15) is 5.78 Å². The van der Waals surface area contributed by atoms with Crippen molar-refractivity contribution < 1.29 is 13.2 Å². The van der Waals surface area contributed by atoms with Gasteiger partial charge >= 0.3 is 0 Å². The summed E-state index contributed by atoms with van der Waals surface area (Å²) in [5, 5.41) is 0. The van der Waals surface area contributed by atoms with E-state index >= 15 is 0 Å². The third-order valence-corrected chi connectivity index (χ3v) is 5.71. The fraction of sp³-hybridized carbons (Fsp3) is 0.533.